The van der Waals surface area contributed by atoms with Crippen molar-refractivity contribution in [3.05, 3.63) is 53.5 Å². The van der Waals surface area contributed by atoms with Crippen molar-refractivity contribution in [2.45, 2.75) is 45.4 Å². The van der Waals surface area contributed by atoms with Crippen molar-refractivity contribution in [1.82, 2.24) is 19.7 Å². The van der Waals surface area contributed by atoms with Crippen molar-refractivity contribution in [2.75, 3.05) is 6.54 Å². The zero-order chi connectivity index (χ0) is 18.1. The van der Waals surface area contributed by atoms with E-state index in [0.717, 1.165) is 24.1 Å². The molecule has 1 amide bonds. The van der Waals surface area contributed by atoms with E-state index < -0.39 is 6.10 Å². The van der Waals surface area contributed by atoms with E-state index in [2.05, 4.69) is 22.2 Å². The lowest BCUT2D eigenvalue weighted by molar-refractivity contribution is -0.132. The molecule has 6 heteroatoms. The highest BCUT2D eigenvalue weighted by atomic mass is 16.3. The van der Waals surface area contributed by atoms with Crippen LogP contribution < -0.4 is 0 Å². The second-order valence-electron chi connectivity index (χ2n) is 6.99. The largest absolute Gasteiger partial charge is 0.387 e. The molecule has 2 N–H and O–H groups in total. The van der Waals surface area contributed by atoms with Gasteiger partial charge in [0.25, 0.3) is 0 Å². The number of carbonyl (C=O) groups excluding carboxylic acids is 1. The molecule has 0 aliphatic carbocycles. The van der Waals surface area contributed by atoms with Gasteiger partial charge in [-0.15, -0.1) is 0 Å². The van der Waals surface area contributed by atoms with E-state index in [1.807, 2.05) is 34.0 Å². The number of hydrogen-bond donors (Lipinski definition) is 2. The molecule has 1 aromatic carbocycles. The smallest absolute Gasteiger partial charge is 0.222 e. The Morgan fingerprint density at radius 1 is 1.35 bits per heavy atom. The molecule has 3 heterocycles. The first kappa shape index (κ1) is 16.8. The van der Waals surface area contributed by atoms with Crippen LogP contribution in [0, 0.1) is 0 Å². The van der Waals surface area contributed by atoms with Gasteiger partial charge < -0.3 is 15.0 Å². The third-order valence-corrected chi connectivity index (χ3v) is 5.11. The molecule has 0 radical (unpaired) electrons. The molecule has 6 nitrogen and oxygen atoms in total. The maximum absolute atomic E-state index is 12.6. The lowest BCUT2D eigenvalue weighted by Gasteiger charge is -2.27. The minimum absolute atomic E-state index is 0.191. The van der Waals surface area contributed by atoms with Crippen LogP contribution in [0.15, 0.2) is 36.5 Å². The van der Waals surface area contributed by atoms with Gasteiger partial charge in [0.1, 0.15) is 0 Å². The summed E-state index contributed by atoms with van der Waals surface area (Å²) in [5.74, 6) is 0.191. The van der Waals surface area contributed by atoms with E-state index in [-0.39, 0.29) is 5.91 Å². The normalized spacial score (nSPS) is 15.2. The molecule has 3 aromatic rings. The van der Waals surface area contributed by atoms with E-state index in [0.29, 0.717) is 31.7 Å². The topological polar surface area (TPSA) is 74.2 Å². The molecular weight excluding hydrogens is 328 g/mol. The number of nitrogens with one attached hydrogen (secondary N) is 1. The fourth-order valence-corrected chi connectivity index (χ4v) is 3.63. The molecule has 0 spiro atoms. The van der Waals surface area contributed by atoms with Crippen LogP contribution in [0.3, 0.4) is 0 Å². The zero-order valence-corrected chi connectivity index (χ0v) is 15.0. The molecule has 26 heavy (non-hydrogen) atoms. The molecule has 0 saturated carbocycles. The van der Waals surface area contributed by atoms with Gasteiger partial charge >= 0.3 is 0 Å². The van der Waals surface area contributed by atoms with Gasteiger partial charge in [-0.3, -0.25) is 9.48 Å². The summed E-state index contributed by atoms with van der Waals surface area (Å²) >= 11 is 0. The SMILES string of the molecule is CC(O)c1cc2n(n1)CCN(C(=O)CCCc1c[nH]c3ccccc13)C2. The van der Waals surface area contributed by atoms with Gasteiger partial charge in [-0.05, 0) is 37.5 Å². The van der Waals surface area contributed by atoms with Crippen LogP contribution in [0.5, 0.6) is 0 Å². The Kier molecular flexibility index (Phi) is 4.51. The van der Waals surface area contributed by atoms with Gasteiger partial charge in [0.2, 0.25) is 5.91 Å². The number of para-hydroxylation sites is 1. The number of fused-ring (bicyclic) bond motifs is 2. The molecule has 136 valence electrons. The van der Waals surface area contributed by atoms with Gasteiger partial charge in [-0.1, -0.05) is 18.2 Å². The highest BCUT2D eigenvalue weighted by molar-refractivity contribution is 5.83. The summed E-state index contributed by atoms with van der Waals surface area (Å²) in [4.78, 5) is 17.8. The Morgan fingerprint density at radius 2 is 2.19 bits per heavy atom. The summed E-state index contributed by atoms with van der Waals surface area (Å²) in [6, 6.07) is 10.2. The summed E-state index contributed by atoms with van der Waals surface area (Å²) in [5, 5.41) is 15.3. The minimum atomic E-state index is -0.576. The van der Waals surface area contributed by atoms with E-state index >= 15 is 0 Å². The predicted molar refractivity (Wildman–Crippen MR) is 99.5 cm³/mol. The molecular formula is C20H24N4O2. The van der Waals surface area contributed by atoms with Gasteiger partial charge in [-0.25, -0.2) is 0 Å². The molecule has 1 atom stereocenters. The molecule has 4 rings (SSSR count). The number of aliphatic hydroxyl groups is 1. The fourth-order valence-electron chi connectivity index (χ4n) is 3.63. The summed E-state index contributed by atoms with van der Waals surface area (Å²) in [5.41, 5.74) is 4.09. The van der Waals surface area contributed by atoms with Crippen molar-refractivity contribution < 1.29 is 9.90 Å². The number of aromatic nitrogens is 3. The summed E-state index contributed by atoms with van der Waals surface area (Å²) in [6.07, 6.45) is 3.76. The van der Waals surface area contributed by atoms with Crippen LogP contribution in [0.2, 0.25) is 0 Å². The van der Waals surface area contributed by atoms with Gasteiger partial charge in [-0.2, -0.15) is 5.10 Å². The summed E-state index contributed by atoms with van der Waals surface area (Å²) in [7, 11) is 0. The first-order valence-corrected chi connectivity index (χ1v) is 9.19. The fraction of sp³-hybridized carbons (Fsp3) is 0.400. The maximum Gasteiger partial charge on any atom is 0.222 e. The Balaban J connectivity index is 1.34. The van der Waals surface area contributed by atoms with Crippen LogP contribution in [0.25, 0.3) is 10.9 Å². The number of hydrogen-bond acceptors (Lipinski definition) is 3. The predicted octanol–water partition coefficient (Wildman–Crippen LogP) is 2.78. The number of aryl methyl sites for hydroxylation is 1. The zero-order valence-electron chi connectivity index (χ0n) is 15.0. The highest BCUT2D eigenvalue weighted by Gasteiger charge is 2.22. The Labute approximate surface area is 152 Å². The number of carbonyl (C=O) groups is 1. The molecule has 0 fully saturated rings. The van der Waals surface area contributed by atoms with E-state index in [4.69, 9.17) is 0 Å². The number of benzene rings is 1. The Hall–Kier alpha value is -2.60. The van der Waals surface area contributed by atoms with Crippen molar-refractivity contribution in [1.29, 1.82) is 0 Å². The van der Waals surface area contributed by atoms with Gasteiger partial charge in [0.05, 0.1) is 30.6 Å². The van der Waals surface area contributed by atoms with E-state index in [1.165, 1.54) is 10.9 Å². The number of rotatable bonds is 5. The standard InChI is InChI=1S/C20H24N4O2/c1-14(25)19-11-16-13-23(9-10-24(16)22-19)20(26)8-4-5-15-12-21-18-7-3-2-6-17(15)18/h2-3,6-7,11-12,14,21,25H,4-5,8-10,13H2,1H3. The van der Waals surface area contributed by atoms with Crippen molar-refractivity contribution in [2.24, 2.45) is 0 Å². The lowest BCUT2D eigenvalue weighted by Crippen LogP contribution is -2.38. The number of aromatic amines is 1. The molecule has 0 bridgehead atoms. The van der Waals surface area contributed by atoms with Crippen molar-refractivity contribution in [3.8, 4) is 0 Å². The molecule has 1 unspecified atom stereocenters. The van der Waals surface area contributed by atoms with Crippen LogP contribution in [0.1, 0.15) is 42.8 Å². The minimum Gasteiger partial charge on any atom is -0.387 e. The Bertz CT molecular complexity index is 925. The van der Waals surface area contributed by atoms with E-state index in [1.54, 1.807) is 6.92 Å². The second-order valence-corrected chi connectivity index (χ2v) is 6.99. The van der Waals surface area contributed by atoms with Crippen LogP contribution in [0.4, 0.5) is 0 Å². The first-order chi connectivity index (χ1) is 12.6. The number of H-pyrrole nitrogens is 1. The van der Waals surface area contributed by atoms with Gasteiger partial charge in [0, 0.05) is 30.1 Å². The quantitative estimate of drug-likeness (QED) is 0.741. The van der Waals surface area contributed by atoms with Crippen molar-refractivity contribution >= 4 is 16.8 Å². The monoisotopic (exact) mass is 352 g/mol. The van der Waals surface area contributed by atoms with E-state index in [9.17, 15) is 9.90 Å². The Morgan fingerprint density at radius 3 is 3.04 bits per heavy atom. The lowest BCUT2D eigenvalue weighted by atomic mass is 10.1. The molecule has 2 aromatic heterocycles. The average molecular weight is 352 g/mol. The summed E-state index contributed by atoms with van der Waals surface area (Å²) in [6.45, 7) is 3.66. The third-order valence-electron chi connectivity index (χ3n) is 5.11. The van der Waals surface area contributed by atoms with Crippen LogP contribution >= 0.6 is 0 Å². The number of aliphatic hydroxyl groups excluding tert-OH is 1. The molecule has 1 aliphatic heterocycles. The first-order valence-electron chi connectivity index (χ1n) is 9.19. The highest BCUT2D eigenvalue weighted by Crippen LogP contribution is 2.21. The molecule has 0 saturated heterocycles. The summed E-state index contributed by atoms with van der Waals surface area (Å²) < 4.78 is 1.90. The number of amides is 1. The second kappa shape index (κ2) is 6.96. The van der Waals surface area contributed by atoms with Crippen molar-refractivity contribution in [3.63, 3.8) is 0 Å². The maximum atomic E-state index is 12.6. The third kappa shape index (κ3) is 3.24. The van der Waals surface area contributed by atoms with Crippen LogP contribution in [-0.4, -0.2) is 37.2 Å². The molecule has 1 aliphatic rings. The average Bonchev–Trinajstić information content (AvgIpc) is 3.25. The number of nitrogens with zero attached hydrogens (tertiary/aromatic N) is 3. The van der Waals surface area contributed by atoms with Crippen LogP contribution in [-0.2, 0) is 24.3 Å². The van der Waals surface area contributed by atoms with Gasteiger partial charge in [0.15, 0.2) is 0 Å².